The number of hydrogen-bond acceptors (Lipinski definition) is 7. The van der Waals surface area contributed by atoms with E-state index in [4.69, 9.17) is 34.7 Å². The van der Waals surface area contributed by atoms with Crippen molar-refractivity contribution in [3.63, 3.8) is 0 Å². The fourth-order valence-electron chi connectivity index (χ4n) is 4.03. The molecule has 0 bridgehead atoms. The van der Waals surface area contributed by atoms with Crippen LogP contribution >= 0.6 is 0 Å². The Morgan fingerprint density at radius 2 is 1.29 bits per heavy atom. The van der Waals surface area contributed by atoms with Gasteiger partial charge in [-0.25, -0.2) is 19.4 Å². The molecule has 260 valence electrons. The van der Waals surface area contributed by atoms with E-state index in [2.05, 4.69) is 55.8 Å². The van der Waals surface area contributed by atoms with Crippen LogP contribution in [0.25, 0.3) is 16.6 Å². The van der Waals surface area contributed by atoms with Gasteiger partial charge in [-0.2, -0.15) is 39.5 Å². The Morgan fingerprint density at radius 1 is 0.750 bits per heavy atom. The van der Waals surface area contributed by atoms with Gasteiger partial charge in [-0.1, -0.05) is 12.1 Å². The number of carboxylic acids is 3. The molecule has 1 saturated heterocycles. The maximum Gasteiger partial charge on any atom is 0.490 e. The zero-order valence-electron chi connectivity index (χ0n) is 24.0. The van der Waals surface area contributed by atoms with Gasteiger partial charge in [0.05, 0.1) is 23.6 Å². The first-order valence-electron chi connectivity index (χ1n) is 13.1. The number of fused-ring (bicyclic) bond motifs is 1. The highest BCUT2D eigenvalue weighted by Crippen LogP contribution is 2.35. The largest absolute Gasteiger partial charge is 0.490 e. The average molecular weight is 698 g/mol. The van der Waals surface area contributed by atoms with Gasteiger partial charge in [0.25, 0.3) is 0 Å². The van der Waals surface area contributed by atoms with Crippen LogP contribution in [-0.4, -0.2) is 82.6 Å². The molecule has 1 atom stereocenters. The minimum atomic E-state index is -5.08. The first-order chi connectivity index (χ1) is 22.2. The summed E-state index contributed by atoms with van der Waals surface area (Å²) in [7, 11) is 0. The molecular weight excluding hydrogens is 673 g/mol. The molecule has 11 nitrogen and oxygen atoms in total. The standard InChI is InChI=1S/C22H21N5.3C2HF3O2/c1-3-18(13-24-9-1)19-5-6-21-22(25-16-27(21)15-19)20-4-2-12-26(20)14-17-7-10-23-11-8-17;3*3-2(4,5)1(6)7/h1,3,5-11,13,15-16,20H,2,4,12,14H2;3*(H,6,7). The van der Waals surface area contributed by atoms with Crippen molar-refractivity contribution in [3.05, 3.63) is 85.0 Å². The number of halogens is 9. The molecule has 0 spiro atoms. The Bertz CT molecular complexity index is 1590. The van der Waals surface area contributed by atoms with Crippen LogP contribution in [0.15, 0.2) is 73.7 Å². The number of alkyl halides is 9. The van der Waals surface area contributed by atoms with Crippen LogP contribution < -0.4 is 0 Å². The minimum absolute atomic E-state index is 0.368. The Hall–Kier alpha value is -5.27. The number of aromatic nitrogens is 4. The third-order valence-electron chi connectivity index (χ3n) is 6.10. The highest BCUT2D eigenvalue weighted by atomic mass is 19.4. The number of rotatable bonds is 4. The van der Waals surface area contributed by atoms with Crippen LogP contribution in [0.3, 0.4) is 0 Å². The predicted octanol–water partition coefficient (Wildman–Crippen LogP) is 6.03. The van der Waals surface area contributed by atoms with Crippen LogP contribution in [0.5, 0.6) is 0 Å². The van der Waals surface area contributed by atoms with Gasteiger partial charge in [-0.05, 0) is 54.8 Å². The van der Waals surface area contributed by atoms with Gasteiger partial charge in [0.1, 0.15) is 0 Å². The molecule has 5 heterocycles. The molecular formula is C28H24F9N5O6. The summed E-state index contributed by atoms with van der Waals surface area (Å²) < 4.78 is 97.3. The molecule has 0 amide bonds. The lowest BCUT2D eigenvalue weighted by Gasteiger charge is -2.23. The van der Waals surface area contributed by atoms with Crippen molar-refractivity contribution in [2.24, 2.45) is 0 Å². The van der Waals surface area contributed by atoms with Crippen molar-refractivity contribution >= 4 is 23.4 Å². The van der Waals surface area contributed by atoms with E-state index in [-0.39, 0.29) is 0 Å². The molecule has 1 fully saturated rings. The van der Waals surface area contributed by atoms with Gasteiger partial charge >= 0.3 is 36.4 Å². The predicted molar refractivity (Wildman–Crippen MR) is 146 cm³/mol. The molecule has 0 aromatic carbocycles. The third kappa shape index (κ3) is 12.2. The van der Waals surface area contributed by atoms with Gasteiger partial charge in [0.15, 0.2) is 0 Å². The summed E-state index contributed by atoms with van der Waals surface area (Å²) in [5, 5.41) is 21.4. The first kappa shape index (κ1) is 38.9. The summed E-state index contributed by atoms with van der Waals surface area (Å²) in [5.41, 5.74) is 5.95. The van der Waals surface area contributed by atoms with Crippen LogP contribution in [-0.2, 0) is 20.9 Å². The molecule has 0 saturated carbocycles. The van der Waals surface area contributed by atoms with E-state index in [0.29, 0.717) is 6.04 Å². The van der Waals surface area contributed by atoms with Crippen molar-refractivity contribution in [2.45, 2.75) is 44.0 Å². The molecule has 4 aromatic rings. The van der Waals surface area contributed by atoms with Crippen molar-refractivity contribution < 1.29 is 69.2 Å². The van der Waals surface area contributed by atoms with Crippen molar-refractivity contribution in [1.82, 2.24) is 24.3 Å². The molecule has 1 aliphatic heterocycles. The molecule has 1 unspecified atom stereocenters. The van der Waals surface area contributed by atoms with Crippen molar-refractivity contribution in [2.75, 3.05) is 6.54 Å². The maximum absolute atomic E-state index is 10.6. The van der Waals surface area contributed by atoms with Gasteiger partial charge in [0, 0.05) is 43.1 Å². The van der Waals surface area contributed by atoms with Crippen LogP contribution in [0.2, 0.25) is 0 Å². The summed E-state index contributed by atoms with van der Waals surface area (Å²) >= 11 is 0. The molecule has 1 aliphatic rings. The molecule has 5 rings (SSSR count). The summed E-state index contributed by atoms with van der Waals surface area (Å²) in [6.07, 6.45) is -1.37. The summed E-state index contributed by atoms with van der Waals surface area (Å²) in [6.45, 7) is 2.06. The Balaban J connectivity index is 0.000000313. The maximum atomic E-state index is 10.6. The quantitative estimate of drug-likeness (QED) is 0.215. The number of hydrogen-bond donors (Lipinski definition) is 3. The number of nitrogens with zero attached hydrogens (tertiary/aromatic N) is 5. The lowest BCUT2D eigenvalue weighted by molar-refractivity contribution is -0.193. The van der Waals surface area contributed by atoms with Crippen LogP contribution in [0, 0.1) is 0 Å². The second-order valence-electron chi connectivity index (χ2n) is 9.47. The topological polar surface area (TPSA) is 158 Å². The van der Waals surface area contributed by atoms with Gasteiger partial charge in [-0.15, -0.1) is 0 Å². The second kappa shape index (κ2) is 16.5. The summed E-state index contributed by atoms with van der Waals surface area (Å²) in [5.74, 6) is -8.27. The SMILES string of the molecule is O=C(O)C(F)(F)F.O=C(O)C(F)(F)F.O=C(O)C(F)(F)F.c1cncc(-c2ccc3c(C4CCCN4Cc4ccncc4)ncn3c2)c1. The van der Waals surface area contributed by atoms with E-state index < -0.39 is 36.4 Å². The molecule has 3 N–H and O–H groups in total. The van der Waals surface area contributed by atoms with E-state index >= 15 is 0 Å². The highest BCUT2D eigenvalue weighted by molar-refractivity contribution is 5.73. The smallest absolute Gasteiger partial charge is 0.475 e. The van der Waals surface area contributed by atoms with Gasteiger partial charge in [0.2, 0.25) is 0 Å². The van der Waals surface area contributed by atoms with E-state index in [9.17, 15) is 39.5 Å². The Labute approximate surface area is 263 Å². The zero-order valence-corrected chi connectivity index (χ0v) is 24.0. The van der Waals surface area contributed by atoms with Crippen LogP contribution in [0.1, 0.15) is 30.1 Å². The first-order valence-corrected chi connectivity index (χ1v) is 13.1. The minimum Gasteiger partial charge on any atom is -0.475 e. The number of carbonyl (C=O) groups is 3. The van der Waals surface area contributed by atoms with Crippen molar-refractivity contribution in [1.29, 1.82) is 0 Å². The van der Waals surface area contributed by atoms with Crippen molar-refractivity contribution in [3.8, 4) is 11.1 Å². The van der Waals surface area contributed by atoms with Crippen LogP contribution in [0.4, 0.5) is 39.5 Å². The highest BCUT2D eigenvalue weighted by Gasteiger charge is 2.39. The van der Waals surface area contributed by atoms with E-state index in [1.807, 2.05) is 31.0 Å². The Kier molecular flexibility index (Phi) is 13.4. The average Bonchev–Trinajstić information content (AvgIpc) is 3.64. The zero-order chi connectivity index (χ0) is 36.3. The third-order valence-corrected chi connectivity index (χ3v) is 6.10. The number of likely N-dealkylation sites (tertiary alicyclic amines) is 1. The van der Waals surface area contributed by atoms with E-state index in [1.165, 1.54) is 23.2 Å². The van der Waals surface area contributed by atoms with E-state index in [1.54, 1.807) is 6.20 Å². The lowest BCUT2D eigenvalue weighted by atomic mass is 10.1. The molecule has 0 aliphatic carbocycles. The molecule has 48 heavy (non-hydrogen) atoms. The number of carboxylic acid groups (broad SMARTS) is 3. The normalized spacial score (nSPS) is 14.8. The summed E-state index contributed by atoms with van der Waals surface area (Å²) in [6, 6.07) is 13.0. The molecule has 4 aromatic heterocycles. The van der Waals surface area contributed by atoms with Gasteiger partial charge < -0.3 is 19.7 Å². The number of aliphatic carboxylic acids is 3. The monoisotopic (exact) mass is 697 g/mol. The molecule has 0 radical (unpaired) electrons. The lowest BCUT2D eigenvalue weighted by Crippen LogP contribution is -2.23. The Morgan fingerprint density at radius 3 is 1.77 bits per heavy atom. The fourth-order valence-corrected chi connectivity index (χ4v) is 4.03. The fraction of sp³-hybridized carbons (Fsp3) is 0.286. The summed E-state index contributed by atoms with van der Waals surface area (Å²) in [4.78, 5) is 42.4. The van der Waals surface area contributed by atoms with Gasteiger partial charge in [-0.3, -0.25) is 14.9 Å². The number of imidazole rings is 1. The van der Waals surface area contributed by atoms with E-state index in [0.717, 1.165) is 30.6 Å². The number of pyridine rings is 3. The molecule has 20 heteroatoms. The second-order valence-corrected chi connectivity index (χ2v) is 9.47.